The molecule has 3 unspecified atom stereocenters. The van der Waals surface area contributed by atoms with Gasteiger partial charge in [0.2, 0.25) is 5.90 Å². The normalized spacial score (nSPS) is 31.6. The lowest BCUT2D eigenvalue weighted by molar-refractivity contribution is 0.123. The number of ether oxygens (including phenoxy) is 1. The first-order valence-corrected chi connectivity index (χ1v) is 6.37. The van der Waals surface area contributed by atoms with E-state index in [2.05, 4.69) is 12.1 Å². The number of aliphatic imine (C=N–C) groups is 1. The molecule has 3 heteroatoms. The highest BCUT2D eigenvalue weighted by Crippen LogP contribution is 2.32. The van der Waals surface area contributed by atoms with Gasteiger partial charge in [-0.25, -0.2) is 4.99 Å². The molecule has 1 saturated carbocycles. The standard InChI is InChI=1S/C14H18N2O/c15-9-10-6-7-12-13(8-10)17-14(16-12)11-4-2-1-3-5-11/h1-5,10,12-13H,6-9,15H2. The molecule has 3 rings (SSSR count). The lowest BCUT2D eigenvalue weighted by Gasteiger charge is -2.28. The van der Waals surface area contributed by atoms with Gasteiger partial charge < -0.3 is 10.5 Å². The van der Waals surface area contributed by atoms with Crippen LogP contribution in [0.3, 0.4) is 0 Å². The van der Waals surface area contributed by atoms with Crippen molar-refractivity contribution in [2.45, 2.75) is 31.4 Å². The van der Waals surface area contributed by atoms with Crippen LogP contribution in [0.4, 0.5) is 0 Å². The maximum Gasteiger partial charge on any atom is 0.216 e. The number of fused-ring (bicyclic) bond motifs is 1. The predicted molar refractivity (Wildman–Crippen MR) is 68.0 cm³/mol. The molecule has 0 amide bonds. The molecule has 0 saturated heterocycles. The third-order valence-electron chi connectivity index (χ3n) is 3.77. The molecule has 1 aliphatic heterocycles. The summed E-state index contributed by atoms with van der Waals surface area (Å²) in [5.41, 5.74) is 6.83. The van der Waals surface area contributed by atoms with Crippen LogP contribution in [0.25, 0.3) is 0 Å². The van der Waals surface area contributed by atoms with E-state index in [1.165, 1.54) is 6.42 Å². The first-order chi connectivity index (χ1) is 8.36. The van der Waals surface area contributed by atoms with E-state index in [-0.39, 0.29) is 6.10 Å². The highest BCUT2D eigenvalue weighted by molar-refractivity contribution is 5.95. The number of nitrogens with zero attached hydrogens (tertiary/aromatic N) is 1. The fourth-order valence-corrected chi connectivity index (χ4v) is 2.73. The zero-order chi connectivity index (χ0) is 11.7. The van der Waals surface area contributed by atoms with Crippen molar-refractivity contribution >= 4 is 5.90 Å². The molecule has 0 bridgehead atoms. The van der Waals surface area contributed by atoms with Gasteiger partial charge in [0.1, 0.15) is 6.10 Å². The Morgan fingerprint density at radius 2 is 2.06 bits per heavy atom. The second-order valence-corrected chi connectivity index (χ2v) is 4.94. The fourth-order valence-electron chi connectivity index (χ4n) is 2.73. The zero-order valence-corrected chi connectivity index (χ0v) is 9.88. The molecule has 3 nitrogen and oxygen atoms in total. The Morgan fingerprint density at radius 1 is 1.24 bits per heavy atom. The molecule has 1 aliphatic carbocycles. The first-order valence-electron chi connectivity index (χ1n) is 6.37. The molecule has 90 valence electrons. The number of rotatable bonds is 2. The molecular formula is C14H18N2O. The molecule has 1 fully saturated rings. The Morgan fingerprint density at radius 3 is 2.82 bits per heavy atom. The van der Waals surface area contributed by atoms with Gasteiger partial charge in [-0.1, -0.05) is 18.2 Å². The van der Waals surface area contributed by atoms with Crippen LogP contribution in [0, 0.1) is 5.92 Å². The Hall–Kier alpha value is -1.35. The summed E-state index contributed by atoms with van der Waals surface area (Å²) in [6.07, 6.45) is 3.61. The fraction of sp³-hybridized carbons (Fsp3) is 0.500. The summed E-state index contributed by atoms with van der Waals surface area (Å²) in [5, 5.41) is 0. The number of benzene rings is 1. The Labute approximate surface area is 102 Å². The van der Waals surface area contributed by atoms with Gasteiger partial charge in [0.05, 0.1) is 6.04 Å². The number of nitrogens with two attached hydrogens (primary N) is 1. The van der Waals surface area contributed by atoms with Gasteiger partial charge in [-0.2, -0.15) is 0 Å². The van der Waals surface area contributed by atoms with Crippen molar-refractivity contribution < 1.29 is 4.74 Å². The first kappa shape index (κ1) is 10.8. The molecule has 1 aromatic carbocycles. The molecule has 0 radical (unpaired) electrons. The predicted octanol–water partition coefficient (Wildman–Crippen LogP) is 1.96. The van der Waals surface area contributed by atoms with E-state index in [1.54, 1.807) is 0 Å². The van der Waals surface area contributed by atoms with Crippen LogP contribution >= 0.6 is 0 Å². The molecule has 2 aliphatic rings. The van der Waals surface area contributed by atoms with Crippen molar-refractivity contribution in [3.63, 3.8) is 0 Å². The van der Waals surface area contributed by atoms with Crippen LogP contribution in [-0.2, 0) is 4.74 Å². The smallest absolute Gasteiger partial charge is 0.216 e. The molecule has 1 heterocycles. The highest BCUT2D eigenvalue weighted by Gasteiger charge is 2.36. The maximum absolute atomic E-state index is 5.98. The van der Waals surface area contributed by atoms with Crippen molar-refractivity contribution in [2.75, 3.05) is 6.54 Å². The molecule has 2 N–H and O–H groups in total. The minimum atomic E-state index is 0.257. The van der Waals surface area contributed by atoms with Gasteiger partial charge in [-0.3, -0.25) is 0 Å². The van der Waals surface area contributed by atoms with Crippen LogP contribution in [-0.4, -0.2) is 24.6 Å². The minimum absolute atomic E-state index is 0.257. The number of hydrogen-bond donors (Lipinski definition) is 1. The van der Waals surface area contributed by atoms with Crippen LogP contribution in [0.5, 0.6) is 0 Å². The van der Waals surface area contributed by atoms with Crippen molar-refractivity contribution in [3.05, 3.63) is 35.9 Å². The van der Waals surface area contributed by atoms with Gasteiger partial charge >= 0.3 is 0 Å². The molecule has 0 aromatic heterocycles. The van der Waals surface area contributed by atoms with Crippen molar-refractivity contribution in [1.29, 1.82) is 0 Å². The largest absolute Gasteiger partial charge is 0.472 e. The lowest BCUT2D eigenvalue weighted by atomic mass is 9.84. The molecular weight excluding hydrogens is 212 g/mol. The van der Waals surface area contributed by atoms with E-state index in [4.69, 9.17) is 15.5 Å². The Kier molecular flexibility index (Phi) is 2.85. The van der Waals surface area contributed by atoms with Crippen LogP contribution < -0.4 is 5.73 Å². The highest BCUT2D eigenvalue weighted by atomic mass is 16.5. The van der Waals surface area contributed by atoms with Crippen LogP contribution in [0.15, 0.2) is 35.3 Å². The van der Waals surface area contributed by atoms with Gasteiger partial charge in [-0.15, -0.1) is 0 Å². The van der Waals surface area contributed by atoms with E-state index in [0.717, 1.165) is 30.8 Å². The van der Waals surface area contributed by atoms with E-state index in [1.807, 2.05) is 18.2 Å². The topological polar surface area (TPSA) is 47.6 Å². The van der Waals surface area contributed by atoms with Crippen molar-refractivity contribution in [2.24, 2.45) is 16.6 Å². The van der Waals surface area contributed by atoms with Crippen molar-refractivity contribution in [3.8, 4) is 0 Å². The van der Waals surface area contributed by atoms with Gasteiger partial charge in [0.25, 0.3) is 0 Å². The molecule has 3 atom stereocenters. The summed E-state index contributed by atoms with van der Waals surface area (Å²) >= 11 is 0. The van der Waals surface area contributed by atoms with Gasteiger partial charge in [0.15, 0.2) is 0 Å². The van der Waals surface area contributed by atoms with E-state index in [0.29, 0.717) is 12.0 Å². The van der Waals surface area contributed by atoms with Gasteiger partial charge in [0, 0.05) is 5.56 Å². The SMILES string of the molecule is NCC1CCC2N=C(c3ccccc3)OC2C1. The second-order valence-electron chi connectivity index (χ2n) is 4.94. The quantitative estimate of drug-likeness (QED) is 0.844. The van der Waals surface area contributed by atoms with Crippen molar-refractivity contribution in [1.82, 2.24) is 0 Å². The number of hydrogen-bond acceptors (Lipinski definition) is 3. The van der Waals surface area contributed by atoms with Crippen LogP contribution in [0.1, 0.15) is 24.8 Å². The van der Waals surface area contributed by atoms with E-state index in [9.17, 15) is 0 Å². The summed E-state index contributed by atoms with van der Waals surface area (Å²) in [5.74, 6) is 1.43. The summed E-state index contributed by atoms with van der Waals surface area (Å²) < 4.78 is 5.98. The molecule has 0 spiro atoms. The Balaban J connectivity index is 1.75. The van der Waals surface area contributed by atoms with Gasteiger partial charge in [-0.05, 0) is 43.9 Å². The third-order valence-corrected chi connectivity index (χ3v) is 3.77. The average molecular weight is 230 g/mol. The lowest BCUT2D eigenvalue weighted by Crippen LogP contribution is -2.34. The summed E-state index contributed by atoms with van der Waals surface area (Å²) in [4.78, 5) is 4.70. The zero-order valence-electron chi connectivity index (χ0n) is 9.88. The monoisotopic (exact) mass is 230 g/mol. The third kappa shape index (κ3) is 2.07. The van der Waals surface area contributed by atoms with E-state index >= 15 is 0 Å². The Bertz CT molecular complexity index is 415. The van der Waals surface area contributed by atoms with Crippen LogP contribution in [0.2, 0.25) is 0 Å². The summed E-state index contributed by atoms with van der Waals surface area (Å²) in [6.45, 7) is 0.771. The molecule has 1 aromatic rings. The second kappa shape index (κ2) is 4.49. The minimum Gasteiger partial charge on any atom is -0.472 e. The average Bonchev–Trinajstić information content (AvgIpc) is 2.82. The summed E-state index contributed by atoms with van der Waals surface area (Å²) in [7, 11) is 0. The summed E-state index contributed by atoms with van der Waals surface area (Å²) in [6, 6.07) is 10.5. The maximum atomic E-state index is 5.98. The van der Waals surface area contributed by atoms with E-state index < -0.39 is 0 Å². The molecule has 17 heavy (non-hydrogen) atoms.